The molecule has 1 aromatic carbocycles. The topological polar surface area (TPSA) is 71.9 Å². The summed E-state index contributed by atoms with van der Waals surface area (Å²) in [6.07, 6.45) is 4.31. The second-order valence-corrected chi connectivity index (χ2v) is 5.10. The molecule has 0 amide bonds. The second-order valence-electron chi connectivity index (χ2n) is 3.94. The van der Waals surface area contributed by atoms with Gasteiger partial charge in [-0.2, -0.15) is 5.26 Å². The SMILES string of the molecule is N#Cc1cc(N)c(OCCc2ccncc2)c(I)c1. The van der Waals surface area contributed by atoms with Crippen molar-refractivity contribution in [3.05, 3.63) is 51.4 Å². The van der Waals surface area contributed by atoms with E-state index in [1.165, 1.54) is 0 Å². The molecule has 0 bridgehead atoms. The largest absolute Gasteiger partial charge is 0.490 e. The lowest BCUT2D eigenvalue weighted by atomic mass is 10.2. The third-order valence-electron chi connectivity index (χ3n) is 2.59. The summed E-state index contributed by atoms with van der Waals surface area (Å²) in [7, 11) is 0. The van der Waals surface area contributed by atoms with E-state index in [4.69, 9.17) is 15.7 Å². The Morgan fingerprint density at radius 2 is 2.05 bits per heavy atom. The zero-order valence-electron chi connectivity index (χ0n) is 10.1. The Bertz CT molecular complexity index is 585. The van der Waals surface area contributed by atoms with Crippen molar-refractivity contribution in [1.29, 1.82) is 5.26 Å². The fraction of sp³-hybridized carbons (Fsp3) is 0.143. The summed E-state index contributed by atoms with van der Waals surface area (Å²) in [4.78, 5) is 3.97. The van der Waals surface area contributed by atoms with Gasteiger partial charge in [0.15, 0.2) is 5.75 Å². The predicted molar refractivity (Wildman–Crippen MR) is 81.7 cm³/mol. The number of anilines is 1. The number of nitrogens with zero attached hydrogens (tertiary/aromatic N) is 2. The molecule has 2 rings (SSSR count). The molecular formula is C14H12IN3O. The van der Waals surface area contributed by atoms with Crippen LogP contribution in [0.5, 0.6) is 5.75 Å². The highest BCUT2D eigenvalue weighted by molar-refractivity contribution is 14.1. The van der Waals surface area contributed by atoms with E-state index in [0.29, 0.717) is 23.6 Å². The number of pyridine rings is 1. The number of rotatable bonds is 4. The Morgan fingerprint density at radius 1 is 1.32 bits per heavy atom. The Hall–Kier alpha value is -1.81. The van der Waals surface area contributed by atoms with Crippen molar-refractivity contribution >= 4 is 28.3 Å². The van der Waals surface area contributed by atoms with Crippen LogP contribution in [0.3, 0.4) is 0 Å². The lowest BCUT2D eigenvalue weighted by molar-refractivity contribution is 0.321. The first kappa shape index (κ1) is 13.6. The van der Waals surface area contributed by atoms with E-state index in [9.17, 15) is 0 Å². The fourth-order valence-electron chi connectivity index (χ4n) is 1.65. The van der Waals surface area contributed by atoms with Crippen LogP contribution in [0.4, 0.5) is 5.69 Å². The molecule has 0 atom stereocenters. The maximum absolute atomic E-state index is 8.85. The minimum Gasteiger partial charge on any atom is -0.490 e. The van der Waals surface area contributed by atoms with Gasteiger partial charge in [0.2, 0.25) is 0 Å². The third kappa shape index (κ3) is 3.58. The van der Waals surface area contributed by atoms with Crippen molar-refractivity contribution in [2.75, 3.05) is 12.3 Å². The molecule has 0 aliphatic carbocycles. The standard InChI is InChI=1S/C14H12IN3O/c15-12-7-11(9-16)8-13(17)14(12)19-6-3-10-1-4-18-5-2-10/h1-2,4-5,7-8H,3,6,17H2. The van der Waals surface area contributed by atoms with Crippen LogP contribution in [0.15, 0.2) is 36.7 Å². The second kappa shape index (κ2) is 6.38. The molecule has 0 unspecified atom stereocenters. The lowest BCUT2D eigenvalue weighted by Gasteiger charge is -2.11. The first-order chi connectivity index (χ1) is 9.20. The highest BCUT2D eigenvalue weighted by atomic mass is 127. The van der Waals surface area contributed by atoms with Gasteiger partial charge in [0, 0.05) is 18.8 Å². The zero-order chi connectivity index (χ0) is 13.7. The highest BCUT2D eigenvalue weighted by Crippen LogP contribution is 2.29. The molecule has 19 heavy (non-hydrogen) atoms. The molecule has 0 fully saturated rings. The summed E-state index contributed by atoms with van der Waals surface area (Å²) in [5.41, 5.74) is 8.09. The number of hydrogen-bond acceptors (Lipinski definition) is 4. The van der Waals surface area contributed by atoms with E-state index in [-0.39, 0.29) is 0 Å². The summed E-state index contributed by atoms with van der Waals surface area (Å²) >= 11 is 2.12. The van der Waals surface area contributed by atoms with Gasteiger partial charge in [0.25, 0.3) is 0 Å². The fourth-order valence-corrected chi connectivity index (χ4v) is 2.45. The summed E-state index contributed by atoms with van der Waals surface area (Å²) in [6, 6.07) is 9.37. The van der Waals surface area contributed by atoms with Crippen molar-refractivity contribution in [2.24, 2.45) is 0 Å². The average molecular weight is 365 g/mol. The number of nitrogens with two attached hydrogens (primary N) is 1. The molecule has 0 radical (unpaired) electrons. The maximum Gasteiger partial charge on any atom is 0.155 e. The Balaban J connectivity index is 2.02. The molecule has 0 spiro atoms. The molecule has 1 heterocycles. The van der Waals surface area contributed by atoms with Gasteiger partial charge in [-0.3, -0.25) is 4.98 Å². The normalized spacial score (nSPS) is 9.89. The number of nitriles is 1. The first-order valence-corrected chi connectivity index (χ1v) is 6.79. The van der Waals surface area contributed by atoms with Gasteiger partial charge in [0.1, 0.15) is 0 Å². The molecule has 0 aliphatic rings. The van der Waals surface area contributed by atoms with E-state index >= 15 is 0 Å². The maximum atomic E-state index is 8.85. The van der Waals surface area contributed by atoms with E-state index in [1.54, 1.807) is 24.5 Å². The van der Waals surface area contributed by atoms with Gasteiger partial charge in [0.05, 0.1) is 27.5 Å². The van der Waals surface area contributed by atoms with Crippen LogP contribution in [-0.4, -0.2) is 11.6 Å². The van der Waals surface area contributed by atoms with Crippen molar-refractivity contribution in [3.8, 4) is 11.8 Å². The molecule has 0 saturated carbocycles. The van der Waals surface area contributed by atoms with Gasteiger partial charge in [-0.1, -0.05) is 0 Å². The molecule has 5 heteroatoms. The first-order valence-electron chi connectivity index (χ1n) is 5.71. The van der Waals surface area contributed by atoms with Crippen LogP contribution < -0.4 is 10.5 Å². The Morgan fingerprint density at radius 3 is 2.68 bits per heavy atom. The smallest absolute Gasteiger partial charge is 0.155 e. The van der Waals surface area contributed by atoms with E-state index < -0.39 is 0 Å². The van der Waals surface area contributed by atoms with Gasteiger partial charge in [-0.25, -0.2) is 0 Å². The summed E-state index contributed by atoms with van der Waals surface area (Å²) in [5, 5.41) is 8.85. The minimum absolute atomic E-state index is 0.498. The number of hydrogen-bond donors (Lipinski definition) is 1. The summed E-state index contributed by atoms with van der Waals surface area (Å²) in [6.45, 7) is 0.538. The highest BCUT2D eigenvalue weighted by Gasteiger charge is 2.08. The van der Waals surface area contributed by atoms with Crippen LogP contribution in [0.1, 0.15) is 11.1 Å². The van der Waals surface area contributed by atoms with Gasteiger partial charge < -0.3 is 10.5 Å². The average Bonchev–Trinajstić information content (AvgIpc) is 2.42. The van der Waals surface area contributed by atoms with Gasteiger partial charge >= 0.3 is 0 Å². The molecule has 2 aromatic rings. The van der Waals surface area contributed by atoms with Crippen molar-refractivity contribution < 1.29 is 4.74 Å². The molecule has 96 valence electrons. The van der Waals surface area contributed by atoms with Crippen molar-refractivity contribution in [3.63, 3.8) is 0 Å². The molecule has 0 saturated heterocycles. The van der Waals surface area contributed by atoms with Crippen molar-refractivity contribution in [2.45, 2.75) is 6.42 Å². The monoisotopic (exact) mass is 365 g/mol. The van der Waals surface area contributed by atoms with E-state index in [0.717, 1.165) is 15.6 Å². The number of halogens is 1. The van der Waals surface area contributed by atoms with Crippen LogP contribution in [-0.2, 0) is 6.42 Å². The van der Waals surface area contributed by atoms with Gasteiger partial charge in [-0.05, 0) is 52.4 Å². The predicted octanol–water partition coefficient (Wildman–Crippen LogP) is 2.76. The lowest BCUT2D eigenvalue weighted by Crippen LogP contribution is -2.05. The van der Waals surface area contributed by atoms with Crippen LogP contribution >= 0.6 is 22.6 Å². The Kier molecular flexibility index (Phi) is 4.58. The number of ether oxygens (including phenoxy) is 1. The van der Waals surface area contributed by atoms with Crippen LogP contribution in [0.2, 0.25) is 0 Å². The molecule has 0 aliphatic heterocycles. The number of nitrogen functional groups attached to an aromatic ring is 1. The Labute approximate surface area is 125 Å². The number of benzene rings is 1. The van der Waals surface area contributed by atoms with E-state index in [2.05, 4.69) is 33.6 Å². The molecule has 2 N–H and O–H groups in total. The minimum atomic E-state index is 0.498. The quantitative estimate of drug-likeness (QED) is 0.668. The summed E-state index contributed by atoms with van der Waals surface area (Å²) < 4.78 is 6.56. The van der Waals surface area contributed by atoms with Crippen molar-refractivity contribution in [1.82, 2.24) is 4.98 Å². The number of aromatic nitrogens is 1. The van der Waals surface area contributed by atoms with Crippen LogP contribution in [0.25, 0.3) is 0 Å². The van der Waals surface area contributed by atoms with Gasteiger partial charge in [-0.15, -0.1) is 0 Å². The molecular weight excluding hydrogens is 353 g/mol. The molecule has 1 aromatic heterocycles. The van der Waals surface area contributed by atoms with E-state index in [1.807, 2.05) is 12.1 Å². The summed E-state index contributed by atoms with van der Waals surface area (Å²) in [5.74, 6) is 0.647. The molecule has 4 nitrogen and oxygen atoms in total. The zero-order valence-corrected chi connectivity index (χ0v) is 12.3. The third-order valence-corrected chi connectivity index (χ3v) is 3.39. The van der Waals surface area contributed by atoms with Crippen LogP contribution in [0, 0.1) is 14.9 Å².